The highest BCUT2D eigenvalue weighted by molar-refractivity contribution is 4.83. The van der Waals surface area contributed by atoms with E-state index in [4.69, 9.17) is 4.74 Å². The average molecular weight is 200 g/mol. The fourth-order valence-electron chi connectivity index (χ4n) is 2.87. The largest absolute Gasteiger partial charge is 0.381 e. The monoisotopic (exact) mass is 200 g/mol. The fraction of sp³-hybridized carbons (Fsp3) is 1.00. The maximum Gasteiger partial charge on any atom is 0.154 e. The molecule has 1 unspecified atom stereocenters. The van der Waals surface area contributed by atoms with E-state index in [9.17, 15) is 10.2 Å². The fourth-order valence-corrected chi connectivity index (χ4v) is 2.87. The van der Waals surface area contributed by atoms with Crippen LogP contribution < -0.4 is 0 Å². The molecule has 1 atom stereocenters. The Hall–Kier alpha value is -0.120. The van der Waals surface area contributed by atoms with Crippen LogP contribution >= 0.6 is 0 Å². The molecule has 2 rings (SSSR count). The molecular formula is C11H20O3. The second-order valence-corrected chi connectivity index (χ2v) is 4.69. The molecule has 14 heavy (non-hydrogen) atoms. The maximum absolute atomic E-state index is 9.40. The summed E-state index contributed by atoms with van der Waals surface area (Å²) < 4.78 is 5.13. The van der Waals surface area contributed by atoms with E-state index >= 15 is 0 Å². The van der Waals surface area contributed by atoms with Crippen LogP contribution in [-0.2, 0) is 4.74 Å². The lowest BCUT2D eigenvalue weighted by Crippen LogP contribution is -2.44. The van der Waals surface area contributed by atoms with Crippen LogP contribution in [0.4, 0.5) is 0 Å². The van der Waals surface area contributed by atoms with Gasteiger partial charge in [0.2, 0.25) is 0 Å². The quantitative estimate of drug-likeness (QED) is 0.672. The van der Waals surface area contributed by atoms with E-state index < -0.39 is 6.29 Å². The van der Waals surface area contributed by atoms with Crippen molar-refractivity contribution in [2.24, 2.45) is 17.8 Å². The maximum atomic E-state index is 9.40. The normalized spacial score (nSPS) is 27.6. The van der Waals surface area contributed by atoms with Crippen molar-refractivity contribution >= 4 is 0 Å². The summed E-state index contributed by atoms with van der Waals surface area (Å²) in [5.41, 5.74) is 0. The molecule has 0 bridgehead atoms. The second-order valence-electron chi connectivity index (χ2n) is 4.69. The molecule has 1 saturated carbocycles. The van der Waals surface area contributed by atoms with Gasteiger partial charge in [0.1, 0.15) is 0 Å². The van der Waals surface area contributed by atoms with Crippen LogP contribution in [0.1, 0.15) is 32.1 Å². The highest BCUT2D eigenvalue weighted by atomic mass is 16.5. The van der Waals surface area contributed by atoms with Crippen LogP contribution in [0.25, 0.3) is 0 Å². The van der Waals surface area contributed by atoms with Gasteiger partial charge in [-0.25, -0.2) is 0 Å². The van der Waals surface area contributed by atoms with Gasteiger partial charge in [0, 0.05) is 11.8 Å². The van der Waals surface area contributed by atoms with Crippen LogP contribution in [0.5, 0.6) is 0 Å². The zero-order valence-electron chi connectivity index (χ0n) is 8.56. The highest BCUT2D eigenvalue weighted by Gasteiger charge is 2.38. The third kappa shape index (κ3) is 2.10. The van der Waals surface area contributed by atoms with Crippen molar-refractivity contribution in [2.45, 2.75) is 38.4 Å². The van der Waals surface area contributed by atoms with Crippen molar-refractivity contribution in [2.75, 3.05) is 13.2 Å². The van der Waals surface area contributed by atoms with Gasteiger partial charge in [-0.05, 0) is 18.8 Å². The van der Waals surface area contributed by atoms with Crippen molar-refractivity contribution in [1.29, 1.82) is 0 Å². The summed E-state index contributed by atoms with van der Waals surface area (Å²) in [5.74, 6) is 0.958. The number of aliphatic hydroxyl groups is 2. The van der Waals surface area contributed by atoms with Crippen LogP contribution in [0.3, 0.4) is 0 Å². The zero-order chi connectivity index (χ0) is 9.97. The molecule has 0 amide bonds. The van der Waals surface area contributed by atoms with Gasteiger partial charge in [-0.3, -0.25) is 0 Å². The SMILES string of the molecule is OC(O)C(C1CCCCC1)C1COC1. The molecule has 2 fully saturated rings. The topological polar surface area (TPSA) is 49.7 Å². The Morgan fingerprint density at radius 2 is 1.57 bits per heavy atom. The highest BCUT2D eigenvalue weighted by Crippen LogP contribution is 2.37. The lowest BCUT2D eigenvalue weighted by atomic mass is 9.73. The van der Waals surface area contributed by atoms with Crippen molar-refractivity contribution < 1.29 is 14.9 Å². The standard InChI is InChI=1S/C11H20O3/c12-11(13)10(9-6-14-7-9)8-4-2-1-3-5-8/h8-13H,1-7H2. The molecule has 0 spiro atoms. The number of rotatable bonds is 3. The summed E-state index contributed by atoms with van der Waals surface area (Å²) >= 11 is 0. The predicted octanol–water partition coefficient (Wildman–Crippen LogP) is 1.14. The molecule has 1 aliphatic heterocycles. The van der Waals surface area contributed by atoms with E-state index in [2.05, 4.69) is 0 Å². The van der Waals surface area contributed by atoms with Gasteiger partial charge in [-0.15, -0.1) is 0 Å². The van der Waals surface area contributed by atoms with Crippen molar-refractivity contribution in [3.63, 3.8) is 0 Å². The van der Waals surface area contributed by atoms with Gasteiger partial charge in [-0.1, -0.05) is 19.3 Å². The van der Waals surface area contributed by atoms with E-state index in [1.165, 1.54) is 32.1 Å². The lowest BCUT2D eigenvalue weighted by molar-refractivity contribution is -0.172. The summed E-state index contributed by atoms with van der Waals surface area (Å²) in [5, 5.41) is 18.8. The number of aliphatic hydroxyl groups excluding tert-OH is 1. The third-order valence-corrected chi connectivity index (χ3v) is 3.75. The van der Waals surface area contributed by atoms with E-state index in [0.717, 1.165) is 13.2 Å². The molecule has 82 valence electrons. The summed E-state index contributed by atoms with van der Waals surface area (Å²) in [4.78, 5) is 0. The minimum atomic E-state index is -1.15. The Kier molecular flexibility index (Phi) is 3.42. The first kappa shape index (κ1) is 10.4. The Balaban J connectivity index is 1.93. The van der Waals surface area contributed by atoms with Crippen LogP contribution in [-0.4, -0.2) is 29.7 Å². The molecule has 3 heteroatoms. The molecule has 3 nitrogen and oxygen atoms in total. The zero-order valence-corrected chi connectivity index (χ0v) is 8.56. The van der Waals surface area contributed by atoms with E-state index in [0.29, 0.717) is 11.8 Å². The first-order valence-electron chi connectivity index (χ1n) is 5.73. The molecule has 2 aliphatic rings. The van der Waals surface area contributed by atoms with Gasteiger partial charge < -0.3 is 14.9 Å². The average Bonchev–Trinajstić information content (AvgIpc) is 2.12. The predicted molar refractivity (Wildman–Crippen MR) is 52.6 cm³/mol. The minimum Gasteiger partial charge on any atom is -0.381 e. The number of hydrogen-bond acceptors (Lipinski definition) is 3. The molecule has 1 heterocycles. The van der Waals surface area contributed by atoms with Crippen LogP contribution in [0.2, 0.25) is 0 Å². The molecule has 1 aliphatic carbocycles. The van der Waals surface area contributed by atoms with Crippen molar-refractivity contribution in [1.82, 2.24) is 0 Å². The minimum absolute atomic E-state index is 0.0593. The van der Waals surface area contributed by atoms with Gasteiger partial charge in [0.25, 0.3) is 0 Å². The summed E-state index contributed by atoms with van der Waals surface area (Å²) in [6.07, 6.45) is 5.00. The molecule has 0 aromatic heterocycles. The molecular weight excluding hydrogens is 180 g/mol. The van der Waals surface area contributed by atoms with Gasteiger partial charge >= 0.3 is 0 Å². The Morgan fingerprint density at radius 3 is 2.00 bits per heavy atom. The van der Waals surface area contributed by atoms with E-state index in [-0.39, 0.29) is 5.92 Å². The van der Waals surface area contributed by atoms with Crippen LogP contribution in [0.15, 0.2) is 0 Å². The van der Waals surface area contributed by atoms with Crippen molar-refractivity contribution in [3.05, 3.63) is 0 Å². The first-order valence-corrected chi connectivity index (χ1v) is 5.73. The van der Waals surface area contributed by atoms with Gasteiger partial charge in [-0.2, -0.15) is 0 Å². The van der Waals surface area contributed by atoms with Crippen molar-refractivity contribution in [3.8, 4) is 0 Å². The van der Waals surface area contributed by atoms with Gasteiger partial charge in [0.05, 0.1) is 13.2 Å². The molecule has 0 aromatic carbocycles. The Bertz CT molecular complexity index is 171. The Labute approximate surface area is 85.1 Å². The summed E-state index contributed by atoms with van der Waals surface area (Å²) in [7, 11) is 0. The summed E-state index contributed by atoms with van der Waals surface area (Å²) in [6, 6.07) is 0. The molecule has 2 N–H and O–H groups in total. The third-order valence-electron chi connectivity index (χ3n) is 3.75. The summed E-state index contributed by atoms with van der Waals surface area (Å²) in [6.45, 7) is 1.44. The smallest absolute Gasteiger partial charge is 0.154 e. The number of hydrogen-bond donors (Lipinski definition) is 2. The molecule has 0 aromatic rings. The van der Waals surface area contributed by atoms with E-state index in [1.54, 1.807) is 0 Å². The molecule has 0 radical (unpaired) electrons. The van der Waals surface area contributed by atoms with E-state index in [1.807, 2.05) is 0 Å². The van der Waals surface area contributed by atoms with Gasteiger partial charge in [0.15, 0.2) is 6.29 Å². The Morgan fingerprint density at radius 1 is 0.929 bits per heavy atom. The first-order chi connectivity index (χ1) is 6.79. The molecule has 1 saturated heterocycles. The second kappa shape index (κ2) is 4.60. The van der Waals surface area contributed by atoms with Crippen LogP contribution in [0, 0.1) is 17.8 Å². The number of ether oxygens (including phenoxy) is 1. The lowest BCUT2D eigenvalue weighted by Gasteiger charge is -2.40.